The number of benzene rings is 1. The van der Waals surface area contributed by atoms with Gasteiger partial charge in [0, 0.05) is 35.4 Å². The van der Waals surface area contributed by atoms with E-state index in [4.69, 9.17) is 24.2 Å². The highest BCUT2D eigenvalue weighted by Crippen LogP contribution is 2.52. The summed E-state index contributed by atoms with van der Waals surface area (Å²) in [4.78, 5) is 65.6. The number of rotatable bonds is 15. The molecule has 0 radical (unpaired) electrons. The smallest absolute Gasteiger partial charge is 0.408 e. The van der Waals surface area contributed by atoms with Crippen molar-refractivity contribution in [2.75, 3.05) is 25.1 Å². The zero-order valence-electron chi connectivity index (χ0n) is 33.4. The Morgan fingerprint density at radius 1 is 1.04 bits per heavy atom. The summed E-state index contributed by atoms with van der Waals surface area (Å²) in [5, 5.41) is 31.7. The van der Waals surface area contributed by atoms with Crippen molar-refractivity contribution >= 4 is 51.2 Å². The molecule has 57 heavy (non-hydrogen) atoms. The second kappa shape index (κ2) is 15.9. The fourth-order valence-electron chi connectivity index (χ4n) is 8.38. The van der Waals surface area contributed by atoms with Crippen LogP contribution in [0, 0.1) is 23.2 Å². The van der Waals surface area contributed by atoms with E-state index < -0.39 is 53.0 Å². The minimum absolute atomic E-state index is 0.0144. The molecule has 16 heteroatoms. The predicted molar refractivity (Wildman–Crippen MR) is 213 cm³/mol. The lowest BCUT2D eigenvalue weighted by Gasteiger charge is -2.35. The van der Waals surface area contributed by atoms with Gasteiger partial charge < -0.3 is 45.3 Å². The van der Waals surface area contributed by atoms with Gasteiger partial charge in [0.05, 0.1) is 24.4 Å². The molecule has 3 heterocycles. The van der Waals surface area contributed by atoms with E-state index in [0.717, 1.165) is 18.0 Å². The number of thiazole rings is 1. The molecule has 308 valence electrons. The molecule has 4 aliphatic rings. The number of hydrogen-bond donors (Lipinski definition) is 5. The standard InChI is InChI=1S/C41H54N6O9S/c1-7-24-18-41(24,37(51)52)46-35(49)32-16-27(19-47(32)36(50)34(40(4,5)6)45-39(53)56-26-13-22-12-23(22)14-26)55-33-17-30(31-20-57-38(44-31)42-21(2)3)43-29-15-25(54-11-10-48)8-9-28(29)33/h8-9,15,17,20-24,26-27,32,34,48H,7,10-14,16,18-19H2,1-6H3,(H,42,44)(H,45,53)(H,46,49)(H,51,52)/t22-,23?,24+,26?,27-,32-,34-,41?/m0/s1. The van der Waals surface area contributed by atoms with Crippen LogP contribution < -0.4 is 25.4 Å². The summed E-state index contributed by atoms with van der Waals surface area (Å²) in [5.41, 5.74) is -0.490. The summed E-state index contributed by atoms with van der Waals surface area (Å²) in [6.07, 6.45) is 2.18. The molecular formula is C41H54N6O9S. The van der Waals surface area contributed by atoms with Crippen LogP contribution in [-0.4, -0.2) is 105 Å². The van der Waals surface area contributed by atoms with Crippen molar-refractivity contribution in [2.24, 2.45) is 23.2 Å². The number of carbonyl (C=O) groups excluding carboxylic acids is 3. The average Bonchev–Trinajstić information content (AvgIpc) is 3.82. The molecule has 3 aromatic rings. The third-order valence-corrected chi connectivity index (χ3v) is 12.4. The van der Waals surface area contributed by atoms with E-state index in [1.165, 1.54) is 22.7 Å². The lowest BCUT2D eigenvalue weighted by molar-refractivity contribution is -0.146. The van der Waals surface area contributed by atoms with Gasteiger partial charge >= 0.3 is 12.1 Å². The average molecular weight is 807 g/mol. The number of carbonyl (C=O) groups is 4. The summed E-state index contributed by atoms with van der Waals surface area (Å²) in [7, 11) is 0. The monoisotopic (exact) mass is 806 g/mol. The lowest BCUT2D eigenvalue weighted by atomic mass is 9.85. The molecule has 1 aliphatic heterocycles. The Morgan fingerprint density at radius 2 is 1.79 bits per heavy atom. The number of aliphatic carboxylic acids is 1. The van der Waals surface area contributed by atoms with E-state index in [-0.39, 0.29) is 44.2 Å². The van der Waals surface area contributed by atoms with E-state index in [9.17, 15) is 29.4 Å². The van der Waals surface area contributed by atoms with Gasteiger partial charge in [-0.1, -0.05) is 34.1 Å². The quantitative estimate of drug-likeness (QED) is 0.135. The molecule has 15 nitrogen and oxygen atoms in total. The molecular weight excluding hydrogens is 753 g/mol. The zero-order chi connectivity index (χ0) is 40.8. The van der Waals surface area contributed by atoms with Crippen molar-refractivity contribution in [1.82, 2.24) is 25.5 Å². The summed E-state index contributed by atoms with van der Waals surface area (Å²) in [6.45, 7) is 11.4. The van der Waals surface area contributed by atoms with Crippen LogP contribution in [0.2, 0.25) is 0 Å². The fraction of sp³-hybridized carbons (Fsp3) is 0.610. The van der Waals surface area contributed by atoms with Crippen LogP contribution in [0.5, 0.6) is 11.5 Å². The minimum atomic E-state index is -1.41. The predicted octanol–water partition coefficient (Wildman–Crippen LogP) is 5.21. The zero-order valence-corrected chi connectivity index (χ0v) is 34.2. The van der Waals surface area contributed by atoms with E-state index >= 15 is 0 Å². The first-order valence-electron chi connectivity index (χ1n) is 20.0. The Kier molecular flexibility index (Phi) is 11.3. The third-order valence-electron chi connectivity index (χ3n) is 11.6. The van der Waals surface area contributed by atoms with Crippen LogP contribution in [0.15, 0.2) is 29.6 Å². The molecule has 1 aromatic carbocycles. The second-order valence-corrected chi connectivity index (χ2v) is 18.2. The number of alkyl carbamates (subject to hydrolysis) is 1. The number of carboxylic acids is 1. The Morgan fingerprint density at radius 3 is 2.44 bits per heavy atom. The van der Waals surface area contributed by atoms with E-state index in [1.807, 2.05) is 46.9 Å². The van der Waals surface area contributed by atoms with Crippen molar-refractivity contribution in [3.63, 3.8) is 0 Å². The van der Waals surface area contributed by atoms with Gasteiger partial charge in [-0.3, -0.25) is 9.59 Å². The van der Waals surface area contributed by atoms with Gasteiger partial charge in [0.15, 0.2) is 5.13 Å². The van der Waals surface area contributed by atoms with Crippen LogP contribution >= 0.6 is 11.3 Å². The van der Waals surface area contributed by atoms with Gasteiger partial charge in [0.25, 0.3) is 0 Å². The fourth-order valence-corrected chi connectivity index (χ4v) is 9.24. The molecule has 7 rings (SSSR count). The number of nitrogens with one attached hydrogen (secondary N) is 3. The van der Waals surface area contributed by atoms with Crippen LogP contribution in [0.25, 0.3) is 22.3 Å². The highest BCUT2D eigenvalue weighted by molar-refractivity contribution is 7.14. The Bertz CT molecular complexity index is 2010. The maximum atomic E-state index is 14.7. The topological polar surface area (TPSA) is 202 Å². The van der Waals surface area contributed by atoms with E-state index in [2.05, 4.69) is 16.0 Å². The number of ether oxygens (including phenoxy) is 3. The number of likely N-dealkylation sites (tertiary alicyclic amines) is 1. The first kappa shape index (κ1) is 40.5. The first-order chi connectivity index (χ1) is 27.1. The number of nitrogens with zero attached hydrogens (tertiary/aromatic N) is 3. The molecule has 3 aliphatic carbocycles. The molecule has 5 N–H and O–H groups in total. The Hall–Kier alpha value is -4.70. The SMILES string of the molecule is CC[C@@H]1CC1(NC(=O)[C@@H]1C[C@H](Oc2cc(-c3csc(NC(C)C)n3)nc3cc(OCCO)ccc23)CN1C(=O)[C@H](NC(=O)OC1CC2C[C@H]2C1)C(C)(C)C)C(=O)O. The number of pyridine rings is 1. The molecule has 3 unspecified atom stereocenters. The van der Waals surface area contributed by atoms with E-state index in [1.54, 1.807) is 24.3 Å². The molecule has 3 saturated carbocycles. The van der Waals surface area contributed by atoms with Crippen LogP contribution in [-0.2, 0) is 19.1 Å². The van der Waals surface area contributed by atoms with Crippen LogP contribution in [0.3, 0.4) is 0 Å². The van der Waals surface area contributed by atoms with Gasteiger partial charge in [-0.2, -0.15) is 0 Å². The third kappa shape index (κ3) is 8.76. The first-order valence-corrected chi connectivity index (χ1v) is 20.9. The number of aliphatic hydroxyl groups is 1. The normalized spacial score (nSPS) is 26.8. The summed E-state index contributed by atoms with van der Waals surface area (Å²) in [6, 6.07) is 5.11. The molecule has 0 spiro atoms. The van der Waals surface area contributed by atoms with Crippen molar-refractivity contribution in [2.45, 2.75) is 116 Å². The number of anilines is 1. The molecule has 2 aromatic heterocycles. The van der Waals surface area contributed by atoms with Gasteiger partial charge in [0.2, 0.25) is 11.8 Å². The summed E-state index contributed by atoms with van der Waals surface area (Å²) >= 11 is 1.45. The number of amides is 3. The lowest BCUT2D eigenvalue weighted by Crippen LogP contribution is -2.59. The van der Waals surface area contributed by atoms with E-state index in [0.29, 0.717) is 58.5 Å². The highest BCUT2D eigenvalue weighted by atomic mass is 32.1. The van der Waals surface area contributed by atoms with Crippen LogP contribution in [0.1, 0.15) is 80.1 Å². The van der Waals surface area contributed by atoms with Gasteiger partial charge in [-0.05, 0) is 74.8 Å². The number of fused-ring (bicyclic) bond motifs is 2. The minimum Gasteiger partial charge on any atom is -0.491 e. The second-order valence-electron chi connectivity index (χ2n) is 17.3. The number of hydrogen-bond acceptors (Lipinski definition) is 12. The van der Waals surface area contributed by atoms with Crippen molar-refractivity contribution < 1.29 is 43.6 Å². The largest absolute Gasteiger partial charge is 0.491 e. The van der Waals surface area contributed by atoms with Crippen molar-refractivity contribution in [3.05, 3.63) is 29.6 Å². The summed E-state index contributed by atoms with van der Waals surface area (Å²) < 4.78 is 18.2. The van der Waals surface area contributed by atoms with Gasteiger partial charge in [-0.15, -0.1) is 11.3 Å². The maximum absolute atomic E-state index is 14.7. The molecule has 0 bridgehead atoms. The van der Waals surface area contributed by atoms with Crippen LogP contribution in [0.4, 0.5) is 9.93 Å². The molecule has 3 amide bonds. The Labute approximate surface area is 336 Å². The molecule has 1 saturated heterocycles. The van der Waals surface area contributed by atoms with Gasteiger partial charge in [0.1, 0.15) is 53.6 Å². The Balaban J connectivity index is 1.19. The van der Waals surface area contributed by atoms with Gasteiger partial charge in [-0.25, -0.2) is 19.6 Å². The summed E-state index contributed by atoms with van der Waals surface area (Å²) in [5.74, 6) is -0.277. The maximum Gasteiger partial charge on any atom is 0.408 e. The number of aromatic nitrogens is 2. The number of carboxylic acid groups (broad SMARTS) is 1. The molecule has 8 atom stereocenters. The molecule has 4 fully saturated rings. The number of aliphatic hydroxyl groups excluding tert-OH is 1. The highest BCUT2D eigenvalue weighted by Gasteiger charge is 2.61. The van der Waals surface area contributed by atoms with Crippen molar-refractivity contribution in [1.29, 1.82) is 0 Å². The van der Waals surface area contributed by atoms with Crippen molar-refractivity contribution in [3.8, 4) is 22.9 Å².